The van der Waals surface area contributed by atoms with Crippen molar-refractivity contribution in [3.05, 3.63) is 15.6 Å². The topological polar surface area (TPSA) is 34.1 Å². The summed E-state index contributed by atoms with van der Waals surface area (Å²) in [7, 11) is 1.75. The first kappa shape index (κ1) is 16.6. The van der Waals surface area contributed by atoms with Crippen molar-refractivity contribution in [2.75, 3.05) is 20.3 Å². The van der Waals surface area contributed by atoms with Gasteiger partial charge < -0.3 is 10.1 Å². The van der Waals surface area contributed by atoms with Gasteiger partial charge in [-0.05, 0) is 26.7 Å². The van der Waals surface area contributed by atoms with Crippen LogP contribution in [-0.4, -0.2) is 25.2 Å². The number of ether oxygens (including phenoxy) is 1. The van der Waals surface area contributed by atoms with Crippen molar-refractivity contribution in [1.82, 2.24) is 10.3 Å². The summed E-state index contributed by atoms with van der Waals surface area (Å²) >= 11 is 1.84. The molecule has 3 nitrogen and oxygen atoms in total. The fourth-order valence-corrected chi connectivity index (χ4v) is 3.45. The molecule has 0 bridgehead atoms. The van der Waals surface area contributed by atoms with E-state index in [1.807, 2.05) is 11.3 Å². The van der Waals surface area contributed by atoms with Crippen LogP contribution in [0.1, 0.15) is 55.1 Å². The van der Waals surface area contributed by atoms with Gasteiger partial charge in [0.2, 0.25) is 0 Å². The molecule has 1 heterocycles. The minimum absolute atomic E-state index is 0.0260. The second-order valence-corrected chi connectivity index (χ2v) is 6.32. The molecule has 0 aliphatic carbocycles. The van der Waals surface area contributed by atoms with Crippen LogP contribution < -0.4 is 5.32 Å². The van der Waals surface area contributed by atoms with E-state index >= 15 is 0 Å². The van der Waals surface area contributed by atoms with Gasteiger partial charge in [-0.1, -0.05) is 26.7 Å². The van der Waals surface area contributed by atoms with Crippen molar-refractivity contribution >= 4 is 11.3 Å². The molecular weight excluding hydrogens is 256 g/mol. The molecule has 0 radical (unpaired) electrons. The summed E-state index contributed by atoms with van der Waals surface area (Å²) in [5.41, 5.74) is 1.20. The minimum Gasteiger partial charge on any atom is -0.383 e. The number of thiazole rings is 1. The van der Waals surface area contributed by atoms with Crippen LogP contribution >= 0.6 is 11.3 Å². The Morgan fingerprint density at radius 3 is 2.53 bits per heavy atom. The highest BCUT2D eigenvalue weighted by Gasteiger charge is 2.32. The second-order valence-electron chi connectivity index (χ2n) is 5.12. The summed E-state index contributed by atoms with van der Waals surface area (Å²) in [4.78, 5) is 6.13. The summed E-state index contributed by atoms with van der Waals surface area (Å²) in [6.07, 6.45) is 4.67. The molecule has 110 valence electrons. The van der Waals surface area contributed by atoms with Gasteiger partial charge >= 0.3 is 0 Å². The van der Waals surface area contributed by atoms with Crippen molar-refractivity contribution in [1.29, 1.82) is 0 Å². The van der Waals surface area contributed by atoms with Gasteiger partial charge in [-0.25, -0.2) is 4.98 Å². The summed E-state index contributed by atoms with van der Waals surface area (Å²) < 4.78 is 5.17. The average Bonchev–Trinajstić information content (AvgIpc) is 2.74. The van der Waals surface area contributed by atoms with Crippen molar-refractivity contribution < 1.29 is 4.74 Å². The highest BCUT2D eigenvalue weighted by atomic mass is 32.1. The standard InChI is InChI=1S/C15H28N2OS/c1-6-8-9-15(7-2,16-10-11-18-5)14-17-12(3)13(4)19-14/h16H,6-11H2,1-5H3. The molecule has 0 aliphatic rings. The number of hydrogen-bond donors (Lipinski definition) is 1. The number of rotatable bonds is 9. The molecule has 1 aromatic rings. The molecule has 1 N–H and O–H groups in total. The van der Waals surface area contributed by atoms with Gasteiger partial charge in [-0.15, -0.1) is 11.3 Å². The average molecular weight is 284 g/mol. The van der Waals surface area contributed by atoms with E-state index in [2.05, 4.69) is 33.0 Å². The molecule has 0 saturated carbocycles. The SMILES string of the molecule is CCCCC(CC)(NCCOC)c1nc(C)c(C)s1. The van der Waals surface area contributed by atoms with E-state index in [4.69, 9.17) is 9.72 Å². The highest BCUT2D eigenvalue weighted by molar-refractivity contribution is 7.11. The number of unbranched alkanes of at least 4 members (excludes halogenated alkanes) is 1. The Bertz CT molecular complexity index is 359. The van der Waals surface area contributed by atoms with Gasteiger partial charge in [-0.3, -0.25) is 0 Å². The predicted molar refractivity (Wildman–Crippen MR) is 83.0 cm³/mol. The van der Waals surface area contributed by atoms with Crippen LogP contribution in [0, 0.1) is 13.8 Å². The summed E-state index contributed by atoms with van der Waals surface area (Å²) in [6, 6.07) is 0. The second kappa shape index (κ2) is 7.98. The molecule has 1 unspecified atom stereocenters. The molecule has 0 fully saturated rings. The fraction of sp³-hybridized carbons (Fsp3) is 0.800. The molecule has 19 heavy (non-hydrogen) atoms. The Morgan fingerprint density at radius 1 is 1.32 bits per heavy atom. The summed E-state index contributed by atoms with van der Waals surface area (Å²) in [6.45, 7) is 10.4. The number of aromatic nitrogens is 1. The number of nitrogens with one attached hydrogen (secondary N) is 1. The van der Waals surface area contributed by atoms with Crippen LogP contribution in [0.4, 0.5) is 0 Å². The number of aryl methyl sites for hydroxylation is 2. The lowest BCUT2D eigenvalue weighted by atomic mass is 9.90. The third-order valence-electron chi connectivity index (χ3n) is 3.77. The Balaban J connectivity index is 2.93. The maximum atomic E-state index is 5.17. The van der Waals surface area contributed by atoms with Crippen molar-refractivity contribution in [2.24, 2.45) is 0 Å². The molecule has 0 aliphatic heterocycles. The quantitative estimate of drug-likeness (QED) is 0.701. The van der Waals surface area contributed by atoms with Gasteiger partial charge in [-0.2, -0.15) is 0 Å². The molecule has 0 saturated heterocycles. The maximum absolute atomic E-state index is 5.17. The predicted octanol–water partition coefficient (Wildman–Crippen LogP) is 3.79. The normalized spacial score (nSPS) is 14.6. The van der Waals surface area contributed by atoms with E-state index in [0.29, 0.717) is 0 Å². The van der Waals surface area contributed by atoms with E-state index in [1.54, 1.807) is 7.11 Å². The summed E-state index contributed by atoms with van der Waals surface area (Å²) in [5, 5.41) is 4.94. The fourth-order valence-electron chi connectivity index (χ4n) is 2.27. The van der Waals surface area contributed by atoms with E-state index in [9.17, 15) is 0 Å². The van der Waals surface area contributed by atoms with E-state index < -0.39 is 0 Å². The Morgan fingerprint density at radius 2 is 2.05 bits per heavy atom. The van der Waals surface area contributed by atoms with E-state index in [1.165, 1.54) is 28.4 Å². The zero-order valence-corrected chi connectivity index (χ0v) is 13.8. The molecule has 4 heteroatoms. The largest absolute Gasteiger partial charge is 0.383 e. The monoisotopic (exact) mass is 284 g/mol. The lowest BCUT2D eigenvalue weighted by Gasteiger charge is -2.32. The van der Waals surface area contributed by atoms with Gasteiger partial charge in [0.05, 0.1) is 17.8 Å². The van der Waals surface area contributed by atoms with Crippen molar-refractivity contribution in [2.45, 2.75) is 58.9 Å². The zero-order chi connectivity index (χ0) is 14.3. The number of nitrogens with zero attached hydrogens (tertiary/aromatic N) is 1. The molecule has 1 aromatic heterocycles. The first-order valence-electron chi connectivity index (χ1n) is 7.28. The van der Waals surface area contributed by atoms with Crippen LogP contribution in [0.15, 0.2) is 0 Å². The third kappa shape index (κ3) is 4.26. The van der Waals surface area contributed by atoms with Crippen LogP contribution in [0.5, 0.6) is 0 Å². The molecule has 0 aromatic carbocycles. The number of methoxy groups -OCH3 is 1. The summed E-state index contributed by atoms with van der Waals surface area (Å²) in [5.74, 6) is 0. The minimum atomic E-state index is 0.0260. The molecular formula is C15H28N2OS. The van der Waals surface area contributed by atoms with E-state index in [0.717, 1.165) is 26.0 Å². The zero-order valence-electron chi connectivity index (χ0n) is 13.0. The van der Waals surface area contributed by atoms with Crippen LogP contribution in [0.2, 0.25) is 0 Å². The Kier molecular flexibility index (Phi) is 6.97. The van der Waals surface area contributed by atoms with Gasteiger partial charge in [0, 0.05) is 18.5 Å². The molecule has 1 rings (SSSR count). The lowest BCUT2D eigenvalue weighted by molar-refractivity contribution is 0.177. The number of hydrogen-bond acceptors (Lipinski definition) is 4. The van der Waals surface area contributed by atoms with Gasteiger partial charge in [0.1, 0.15) is 5.01 Å². The smallest absolute Gasteiger partial charge is 0.113 e. The maximum Gasteiger partial charge on any atom is 0.113 e. The van der Waals surface area contributed by atoms with Crippen LogP contribution in [0.25, 0.3) is 0 Å². The molecule has 0 amide bonds. The first-order chi connectivity index (χ1) is 9.09. The third-order valence-corrected chi connectivity index (χ3v) is 5.05. The Labute approximate surface area is 121 Å². The van der Waals surface area contributed by atoms with Gasteiger partial charge in [0.25, 0.3) is 0 Å². The van der Waals surface area contributed by atoms with E-state index in [-0.39, 0.29) is 5.54 Å². The van der Waals surface area contributed by atoms with Crippen LogP contribution in [-0.2, 0) is 10.3 Å². The highest BCUT2D eigenvalue weighted by Crippen LogP contribution is 2.34. The van der Waals surface area contributed by atoms with Crippen LogP contribution in [0.3, 0.4) is 0 Å². The first-order valence-corrected chi connectivity index (χ1v) is 8.09. The molecule has 0 spiro atoms. The Hall–Kier alpha value is -0.450. The molecule has 1 atom stereocenters. The van der Waals surface area contributed by atoms with Crippen molar-refractivity contribution in [3.63, 3.8) is 0 Å². The van der Waals surface area contributed by atoms with Gasteiger partial charge in [0.15, 0.2) is 0 Å². The lowest BCUT2D eigenvalue weighted by Crippen LogP contribution is -2.43. The van der Waals surface area contributed by atoms with Crippen molar-refractivity contribution in [3.8, 4) is 0 Å².